The monoisotopic (exact) mass is 1070 g/mol. The lowest BCUT2D eigenvalue weighted by molar-refractivity contribution is -0.336. The average molecular weight is 1070 g/mol. The Morgan fingerprint density at radius 2 is 1.60 bits per heavy atom. The third kappa shape index (κ3) is 15.2. The third-order valence-corrected chi connectivity index (χ3v) is 16.7. The fourth-order valence-corrected chi connectivity index (χ4v) is 11.6. The van der Waals surface area contributed by atoms with Crippen LogP contribution in [0.3, 0.4) is 0 Å². The Balaban J connectivity index is 1.76. The summed E-state index contributed by atoms with van der Waals surface area (Å²) in [5.74, 6) is -3.69. The van der Waals surface area contributed by atoms with E-state index in [0.717, 1.165) is 28.6 Å². The standard InChI is InChI=1S/C49H84F3N5O15S/c1-14-37-47(11,63)41(60)31(6)55-25-27(2)23-45(9,62)42(72-44-39(59)36(22-28(3)68-44)57(12)73(65,66)56-35-18-16-34(17-19-35)49(50,51)52)29(4)40(30(5)43(61)70-37)71-38-24-46(10,67-13)48(64,32(7)69-38)26-53-20-15-21-54-33(8)58/h16-19,27-32,36-42,44,53,55-56,59-60,62-64H,14-15,20-26H2,1-13H3,(H,54,58)/t27-,28-,29+,30-,31-,32+,36+,37-,38+,39-,40+,41-,42-,44+,45-,46-,47-,48+/m1/s1. The van der Waals surface area contributed by atoms with Crippen molar-refractivity contribution in [2.24, 2.45) is 17.8 Å². The molecular formula is C49H84F3N5O15S. The molecule has 422 valence electrons. The van der Waals surface area contributed by atoms with E-state index in [1.807, 2.05) is 6.92 Å². The van der Waals surface area contributed by atoms with Crippen LogP contribution in [0.25, 0.3) is 0 Å². The van der Waals surface area contributed by atoms with Gasteiger partial charge < -0.3 is 69.9 Å². The minimum atomic E-state index is -4.65. The van der Waals surface area contributed by atoms with E-state index in [1.54, 1.807) is 41.5 Å². The van der Waals surface area contributed by atoms with Gasteiger partial charge in [-0.2, -0.15) is 25.9 Å². The summed E-state index contributed by atoms with van der Waals surface area (Å²) in [5.41, 5.74) is -7.93. The first-order chi connectivity index (χ1) is 33.6. The number of nitrogens with zero attached hydrogens (tertiary/aromatic N) is 1. The van der Waals surface area contributed by atoms with E-state index in [1.165, 1.54) is 41.9 Å². The highest BCUT2D eigenvalue weighted by atomic mass is 32.2. The number of ether oxygens (including phenoxy) is 6. The second-order valence-corrected chi connectivity index (χ2v) is 23.0. The van der Waals surface area contributed by atoms with E-state index < -0.39 is 130 Å². The van der Waals surface area contributed by atoms with Gasteiger partial charge >= 0.3 is 22.4 Å². The van der Waals surface area contributed by atoms with Crippen molar-refractivity contribution in [3.63, 3.8) is 0 Å². The number of nitrogens with one attached hydrogen (secondary N) is 4. The summed E-state index contributed by atoms with van der Waals surface area (Å²) in [5, 5.41) is 69.5. The number of carbonyl (C=O) groups is 2. The van der Waals surface area contributed by atoms with Gasteiger partial charge in [0.15, 0.2) is 12.6 Å². The molecule has 0 unspecified atom stereocenters. The van der Waals surface area contributed by atoms with Crippen LogP contribution in [0.5, 0.6) is 0 Å². The van der Waals surface area contributed by atoms with Gasteiger partial charge in [-0.15, -0.1) is 0 Å². The van der Waals surface area contributed by atoms with Gasteiger partial charge in [0.2, 0.25) is 5.91 Å². The first-order valence-corrected chi connectivity index (χ1v) is 26.6. The molecule has 3 aliphatic heterocycles. The first-order valence-electron chi connectivity index (χ1n) is 25.2. The number of methoxy groups -OCH3 is 1. The predicted octanol–water partition coefficient (Wildman–Crippen LogP) is 2.79. The summed E-state index contributed by atoms with van der Waals surface area (Å²) in [6.45, 7) is 18.7. The summed E-state index contributed by atoms with van der Waals surface area (Å²) < 4.78 is 109. The largest absolute Gasteiger partial charge is 0.459 e. The molecule has 1 amide bonds. The maximum absolute atomic E-state index is 14.6. The molecule has 0 spiro atoms. The maximum Gasteiger partial charge on any atom is 0.416 e. The van der Waals surface area contributed by atoms with E-state index in [0.29, 0.717) is 19.5 Å². The van der Waals surface area contributed by atoms with Crippen molar-refractivity contribution >= 4 is 27.8 Å². The number of esters is 1. The number of carbonyl (C=O) groups excluding carboxylic acids is 2. The van der Waals surface area contributed by atoms with Gasteiger partial charge in [-0.1, -0.05) is 20.8 Å². The molecule has 3 fully saturated rings. The minimum Gasteiger partial charge on any atom is -0.459 e. The number of rotatable bonds is 16. The number of anilines is 1. The van der Waals surface area contributed by atoms with E-state index >= 15 is 0 Å². The Labute approximate surface area is 428 Å². The highest BCUT2D eigenvalue weighted by Crippen LogP contribution is 2.43. The van der Waals surface area contributed by atoms with Gasteiger partial charge in [0.05, 0.1) is 47.5 Å². The molecule has 3 saturated heterocycles. The molecule has 0 saturated carbocycles. The molecule has 1 aromatic carbocycles. The van der Waals surface area contributed by atoms with Crippen molar-refractivity contribution < 1.29 is 85.1 Å². The number of likely N-dealkylation sites (N-methyl/N-ethyl adjacent to an activating group) is 1. The third-order valence-electron chi connectivity index (χ3n) is 15.1. The highest BCUT2D eigenvalue weighted by Gasteiger charge is 2.58. The number of cyclic esters (lactones) is 1. The maximum atomic E-state index is 14.6. The van der Waals surface area contributed by atoms with Crippen LogP contribution in [0.4, 0.5) is 18.9 Å². The van der Waals surface area contributed by atoms with Gasteiger partial charge in [-0.05, 0) is 117 Å². The molecule has 0 bridgehead atoms. The zero-order chi connectivity index (χ0) is 55.2. The SMILES string of the molecule is CC[C@H]1OC(=O)[C@H](C)[C@@H](O[C@H]2C[C@@](C)(OC)[C@](O)(CNCCCNC(C)=O)[C@H](C)O2)[C@H](C)[C@@H](O[C@@H]2O[C@H](C)C[C@H](N(C)S(=O)(=O)Nc3ccc(C(F)(F)F)cc3)[C@H]2O)[C@](C)(O)C[C@@H](C)CN[C@H](C)[C@@H](O)[C@]1(C)O. The van der Waals surface area contributed by atoms with Crippen LogP contribution in [0.1, 0.15) is 114 Å². The normalized spacial score (nSPS) is 39.8. The molecule has 0 aliphatic carbocycles. The van der Waals surface area contributed by atoms with E-state index in [4.69, 9.17) is 28.4 Å². The highest BCUT2D eigenvalue weighted by molar-refractivity contribution is 7.90. The molecule has 73 heavy (non-hydrogen) atoms. The number of benzene rings is 1. The Morgan fingerprint density at radius 3 is 2.18 bits per heavy atom. The second kappa shape index (κ2) is 25.1. The number of amides is 1. The number of hydrogen-bond acceptors (Lipinski definition) is 17. The zero-order valence-corrected chi connectivity index (χ0v) is 45.4. The fraction of sp³-hybridized carbons (Fsp3) is 0.837. The fourth-order valence-electron chi connectivity index (χ4n) is 10.5. The van der Waals surface area contributed by atoms with E-state index in [2.05, 4.69) is 20.7 Å². The van der Waals surface area contributed by atoms with Gasteiger partial charge in [-0.25, -0.2) is 0 Å². The smallest absolute Gasteiger partial charge is 0.416 e. The number of hydrogen-bond donors (Lipinski definition) is 9. The average Bonchev–Trinajstić information content (AvgIpc) is 3.30. The van der Waals surface area contributed by atoms with Gasteiger partial charge in [0, 0.05) is 58.2 Å². The van der Waals surface area contributed by atoms with Crippen LogP contribution >= 0.6 is 0 Å². The van der Waals surface area contributed by atoms with Crippen LogP contribution < -0.4 is 20.7 Å². The van der Waals surface area contributed by atoms with Gasteiger partial charge in [-0.3, -0.25) is 14.3 Å². The van der Waals surface area contributed by atoms with Crippen LogP contribution in [-0.4, -0.2) is 180 Å². The molecule has 1 aromatic rings. The van der Waals surface area contributed by atoms with Crippen molar-refractivity contribution in [2.75, 3.05) is 45.1 Å². The number of aliphatic hydroxyl groups excluding tert-OH is 2. The first kappa shape index (κ1) is 62.7. The Bertz CT molecular complexity index is 2060. The molecule has 9 N–H and O–H groups in total. The summed E-state index contributed by atoms with van der Waals surface area (Å²) in [6, 6.07) is 1.42. The Hall–Kier alpha value is -2.82. The van der Waals surface area contributed by atoms with Crippen molar-refractivity contribution in [1.29, 1.82) is 0 Å². The summed E-state index contributed by atoms with van der Waals surface area (Å²) in [7, 11) is -1.92. The molecule has 20 nitrogen and oxygen atoms in total. The van der Waals surface area contributed by atoms with E-state index in [-0.39, 0.29) is 56.3 Å². The molecule has 0 radical (unpaired) electrons. The van der Waals surface area contributed by atoms with Gasteiger partial charge in [0.25, 0.3) is 0 Å². The Kier molecular flexibility index (Phi) is 21.6. The Morgan fingerprint density at radius 1 is 0.973 bits per heavy atom. The van der Waals surface area contributed by atoms with Crippen molar-refractivity contribution in [3.8, 4) is 0 Å². The zero-order valence-electron chi connectivity index (χ0n) is 44.6. The molecule has 3 aliphatic rings. The number of halogens is 3. The molecule has 0 aromatic heterocycles. The summed E-state index contributed by atoms with van der Waals surface area (Å²) in [6.07, 6.45) is -15.8. The molecule has 4 rings (SSSR count). The van der Waals surface area contributed by atoms with Crippen LogP contribution in [-0.2, 0) is 54.4 Å². The topological polar surface area (TPSA) is 276 Å². The quantitative estimate of drug-likeness (QED) is 0.0851. The van der Waals surface area contributed by atoms with Crippen LogP contribution in [0.2, 0.25) is 0 Å². The van der Waals surface area contributed by atoms with Crippen LogP contribution in [0, 0.1) is 17.8 Å². The predicted molar refractivity (Wildman–Crippen MR) is 263 cm³/mol. The van der Waals surface area contributed by atoms with Crippen molar-refractivity contribution in [1.82, 2.24) is 20.3 Å². The second-order valence-electron chi connectivity index (χ2n) is 21.3. The summed E-state index contributed by atoms with van der Waals surface area (Å²) >= 11 is 0. The lowest BCUT2D eigenvalue weighted by Gasteiger charge is -2.53. The molecule has 3 heterocycles. The van der Waals surface area contributed by atoms with Crippen molar-refractivity contribution in [2.45, 2.75) is 204 Å². The lowest BCUT2D eigenvalue weighted by Crippen LogP contribution is -2.70. The molecule has 18 atom stereocenters. The molecule has 24 heteroatoms. The number of alkyl halides is 3. The van der Waals surface area contributed by atoms with E-state index in [9.17, 15) is 56.7 Å². The lowest BCUT2D eigenvalue weighted by atomic mass is 9.75. The minimum absolute atomic E-state index is 0.00592. The van der Waals surface area contributed by atoms with Crippen LogP contribution in [0.15, 0.2) is 24.3 Å². The molecular weight excluding hydrogens is 988 g/mol. The number of aliphatic hydroxyl groups is 5. The van der Waals surface area contributed by atoms with Crippen molar-refractivity contribution in [3.05, 3.63) is 29.8 Å². The van der Waals surface area contributed by atoms with Gasteiger partial charge in [0.1, 0.15) is 35.1 Å². The summed E-state index contributed by atoms with van der Waals surface area (Å²) in [4.78, 5) is 25.9.